The van der Waals surface area contributed by atoms with Crippen molar-refractivity contribution < 1.29 is 9.53 Å². The van der Waals surface area contributed by atoms with Crippen LogP contribution in [-0.4, -0.2) is 25.0 Å². The monoisotopic (exact) mass is 347 g/mol. The van der Waals surface area contributed by atoms with Crippen LogP contribution in [0.25, 0.3) is 0 Å². The first-order chi connectivity index (χ1) is 10.0. The van der Waals surface area contributed by atoms with Crippen LogP contribution in [0.1, 0.15) is 28.9 Å². The average Bonchev–Trinajstić information content (AvgIpc) is 2.54. The van der Waals surface area contributed by atoms with Gasteiger partial charge >= 0.3 is 0 Å². The van der Waals surface area contributed by atoms with E-state index in [0.717, 1.165) is 10.0 Å². The number of nitrogens with zero attached hydrogens (tertiary/aromatic N) is 1. The maximum Gasteiger partial charge on any atom is 0.255 e. The molecule has 2 aromatic rings. The summed E-state index contributed by atoms with van der Waals surface area (Å²) in [4.78, 5) is 14.4. The SMILES string of the molecule is COc1ccc(Br)c(C(=O)N(C)C(C)c2ccccc2)c1. The minimum Gasteiger partial charge on any atom is -0.497 e. The van der Waals surface area contributed by atoms with E-state index in [1.165, 1.54) is 0 Å². The minimum atomic E-state index is -0.0443. The van der Waals surface area contributed by atoms with Gasteiger partial charge in [-0.1, -0.05) is 30.3 Å². The fourth-order valence-corrected chi connectivity index (χ4v) is 2.53. The first-order valence-corrected chi connectivity index (χ1v) is 7.49. The van der Waals surface area contributed by atoms with Crippen LogP contribution >= 0.6 is 15.9 Å². The number of rotatable bonds is 4. The highest BCUT2D eigenvalue weighted by Gasteiger charge is 2.21. The molecule has 4 heteroatoms. The van der Waals surface area contributed by atoms with Crippen LogP contribution in [0.5, 0.6) is 5.75 Å². The molecule has 0 saturated carbocycles. The third kappa shape index (κ3) is 3.45. The summed E-state index contributed by atoms with van der Waals surface area (Å²) in [7, 11) is 3.40. The summed E-state index contributed by atoms with van der Waals surface area (Å²) in [5, 5.41) is 0. The molecule has 1 amide bonds. The lowest BCUT2D eigenvalue weighted by atomic mass is 10.1. The number of benzene rings is 2. The fourth-order valence-electron chi connectivity index (χ4n) is 2.12. The second kappa shape index (κ2) is 6.76. The molecule has 1 atom stereocenters. The molecule has 0 aliphatic rings. The van der Waals surface area contributed by atoms with Crippen LogP contribution in [0.4, 0.5) is 0 Å². The zero-order valence-corrected chi connectivity index (χ0v) is 13.9. The molecule has 2 rings (SSSR count). The molecule has 0 aliphatic carbocycles. The highest BCUT2D eigenvalue weighted by Crippen LogP contribution is 2.26. The molecule has 0 saturated heterocycles. The molecule has 0 aromatic heterocycles. The maximum atomic E-state index is 12.7. The van der Waals surface area contributed by atoms with E-state index >= 15 is 0 Å². The summed E-state index contributed by atoms with van der Waals surface area (Å²) >= 11 is 3.43. The van der Waals surface area contributed by atoms with Gasteiger partial charge in [-0.2, -0.15) is 0 Å². The predicted molar refractivity (Wildman–Crippen MR) is 87.6 cm³/mol. The first kappa shape index (κ1) is 15.6. The number of amides is 1. The van der Waals surface area contributed by atoms with Gasteiger partial charge in [-0.05, 0) is 46.6 Å². The van der Waals surface area contributed by atoms with Crippen molar-refractivity contribution in [2.45, 2.75) is 13.0 Å². The minimum absolute atomic E-state index is 0.00296. The molecular formula is C17H18BrNO2. The summed E-state index contributed by atoms with van der Waals surface area (Å²) < 4.78 is 5.96. The van der Waals surface area contributed by atoms with Crippen molar-refractivity contribution in [1.82, 2.24) is 4.90 Å². The van der Waals surface area contributed by atoms with Crippen LogP contribution < -0.4 is 4.74 Å². The lowest BCUT2D eigenvalue weighted by Crippen LogP contribution is -2.29. The Morgan fingerprint density at radius 3 is 2.48 bits per heavy atom. The largest absolute Gasteiger partial charge is 0.497 e. The van der Waals surface area contributed by atoms with Crippen LogP contribution in [0, 0.1) is 0 Å². The summed E-state index contributed by atoms with van der Waals surface area (Å²) in [6, 6.07) is 15.4. The summed E-state index contributed by atoms with van der Waals surface area (Å²) in [6.45, 7) is 2.02. The van der Waals surface area contributed by atoms with Crippen LogP contribution in [0.2, 0.25) is 0 Å². The first-order valence-electron chi connectivity index (χ1n) is 6.70. The Morgan fingerprint density at radius 1 is 1.19 bits per heavy atom. The molecule has 0 spiro atoms. The Hall–Kier alpha value is -1.81. The Bertz CT molecular complexity index is 628. The fraction of sp³-hybridized carbons (Fsp3) is 0.235. The third-order valence-corrected chi connectivity index (χ3v) is 4.28. The number of halogens is 1. The van der Waals surface area contributed by atoms with E-state index < -0.39 is 0 Å². The van der Waals surface area contributed by atoms with Crippen LogP contribution in [0.15, 0.2) is 53.0 Å². The van der Waals surface area contributed by atoms with E-state index in [9.17, 15) is 4.79 Å². The van der Waals surface area contributed by atoms with E-state index in [0.29, 0.717) is 11.3 Å². The van der Waals surface area contributed by atoms with E-state index in [1.807, 2.05) is 56.4 Å². The van der Waals surface area contributed by atoms with Crippen molar-refractivity contribution in [1.29, 1.82) is 0 Å². The van der Waals surface area contributed by atoms with Gasteiger partial charge in [0.15, 0.2) is 0 Å². The van der Waals surface area contributed by atoms with Crippen molar-refractivity contribution >= 4 is 21.8 Å². The number of ether oxygens (including phenoxy) is 1. The van der Waals surface area contributed by atoms with Gasteiger partial charge in [0.2, 0.25) is 0 Å². The van der Waals surface area contributed by atoms with E-state index in [1.54, 1.807) is 18.1 Å². The molecular weight excluding hydrogens is 330 g/mol. The van der Waals surface area contributed by atoms with Crippen molar-refractivity contribution in [3.8, 4) is 5.75 Å². The molecule has 21 heavy (non-hydrogen) atoms. The molecule has 0 aliphatic heterocycles. The third-order valence-electron chi connectivity index (χ3n) is 3.59. The van der Waals surface area contributed by atoms with Gasteiger partial charge in [0.25, 0.3) is 5.91 Å². The normalized spacial score (nSPS) is 11.8. The molecule has 0 N–H and O–H groups in total. The summed E-state index contributed by atoms with van der Waals surface area (Å²) in [6.07, 6.45) is 0. The molecule has 1 unspecified atom stereocenters. The van der Waals surface area contributed by atoms with E-state index in [2.05, 4.69) is 15.9 Å². The van der Waals surface area contributed by atoms with Gasteiger partial charge in [-0.15, -0.1) is 0 Å². The number of carbonyl (C=O) groups excluding carboxylic acids is 1. The van der Waals surface area contributed by atoms with Gasteiger partial charge in [0, 0.05) is 11.5 Å². The molecule has 110 valence electrons. The van der Waals surface area contributed by atoms with E-state index in [-0.39, 0.29) is 11.9 Å². The number of hydrogen-bond donors (Lipinski definition) is 0. The molecule has 0 heterocycles. The molecule has 0 bridgehead atoms. The van der Waals surface area contributed by atoms with Crippen molar-refractivity contribution in [3.63, 3.8) is 0 Å². The number of carbonyl (C=O) groups is 1. The van der Waals surface area contributed by atoms with Crippen LogP contribution in [0.3, 0.4) is 0 Å². The topological polar surface area (TPSA) is 29.5 Å². The lowest BCUT2D eigenvalue weighted by Gasteiger charge is -2.26. The number of hydrogen-bond acceptors (Lipinski definition) is 2. The molecule has 0 radical (unpaired) electrons. The predicted octanol–water partition coefficient (Wildman–Crippen LogP) is 4.29. The highest BCUT2D eigenvalue weighted by molar-refractivity contribution is 9.10. The maximum absolute atomic E-state index is 12.7. The zero-order valence-electron chi connectivity index (χ0n) is 12.3. The van der Waals surface area contributed by atoms with Gasteiger partial charge in [-0.3, -0.25) is 4.79 Å². The quantitative estimate of drug-likeness (QED) is 0.825. The molecule has 2 aromatic carbocycles. The average molecular weight is 348 g/mol. The smallest absolute Gasteiger partial charge is 0.255 e. The van der Waals surface area contributed by atoms with Gasteiger partial charge < -0.3 is 9.64 Å². The van der Waals surface area contributed by atoms with Gasteiger partial charge in [-0.25, -0.2) is 0 Å². The van der Waals surface area contributed by atoms with Crippen molar-refractivity contribution in [2.24, 2.45) is 0 Å². The second-order valence-corrected chi connectivity index (χ2v) is 5.70. The van der Waals surface area contributed by atoms with Crippen molar-refractivity contribution in [3.05, 3.63) is 64.1 Å². The number of methoxy groups -OCH3 is 1. The molecule has 0 fully saturated rings. The second-order valence-electron chi connectivity index (χ2n) is 4.85. The van der Waals surface area contributed by atoms with Crippen molar-refractivity contribution in [2.75, 3.05) is 14.2 Å². The van der Waals surface area contributed by atoms with Crippen LogP contribution in [-0.2, 0) is 0 Å². The van der Waals surface area contributed by atoms with Gasteiger partial charge in [0.1, 0.15) is 5.75 Å². The Balaban J connectivity index is 2.27. The zero-order chi connectivity index (χ0) is 15.4. The van der Waals surface area contributed by atoms with E-state index in [4.69, 9.17) is 4.74 Å². The Morgan fingerprint density at radius 2 is 1.86 bits per heavy atom. The van der Waals surface area contributed by atoms with Gasteiger partial charge in [0.05, 0.1) is 18.7 Å². The highest BCUT2D eigenvalue weighted by atomic mass is 79.9. The standard InChI is InChI=1S/C17H18BrNO2/c1-12(13-7-5-4-6-8-13)19(2)17(20)15-11-14(21-3)9-10-16(15)18/h4-12H,1-3H3. The lowest BCUT2D eigenvalue weighted by molar-refractivity contribution is 0.0741. The Labute approximate surface area is 133 Å². The summed E-state index contributed by atoms with van der Waals surface area (Å²) in [5.74, 6) is 0.624. The Kier molecular flexibility index (Phi) is 5.02. The summed E-state index contributed by atoms with van der Waals surface area (Å²) in [5.41, 5.74) is 1.70. The molecule has 3 nitrogen and oxygen atoms in total.